The summed E-state index contributed by atoms with van der Waals surface area (Å²) in [7, 11) is 3.07. The zero-order valence-corrected chi connectivity index (χ0v) is 11.9. The van der Waals surface area contributed by atoms with Crippen LogP contribution in [0.15, 0.2) is 18.2 Å². The average Bonchev–Trinajstić information content (AvgIpc) is 2.45. The van der Waals surface area contributed by atoms with Crippen LogP contribution in [0.5, 0.6) is 11.5 Å². The number of methoxy groups -OCH3 is 2. The van der Waals surface area contributed by atoms with Gasteiger partial charge >= 0.3 is 0 Å². The maximum atomic E-state index is 11.1. The van der Waals surface area contributed by atoms with Crippen molar-refractivity contribution in [3.05, 3.63) is 29.3 Å². The Kier molecular flexibility index (Phi) is 6.29. The van der Waals surface area contributed by atoms with Crippen LogP contribution in [-0.4, -0.2) is 33.0 Å². The molecule has 0 aliphatic heterocycles. The van der Waals surface area contributed by atoms with E-state index in [1.165, 1.54) is 14.0 Å². The summed E-state index contributed by atoms with van der Waals surface area (Å²) in [5, 5.41) is 2.70. The lowest BCUT2D eigenvalue weighted by Gasteiger charge is -2.10. The Balaban J connectivity index is 2.85. The van der Waals surface area contributed by atoms with Crippen LogP contribution in [0.25, 0.3) is 6.08 Å². The quantitative estimate of drug-likeness (QED) is 0.612. The average molecular weight is 277 g/mol. The van der Waals surface area contributed by atoms with Gasteiger partial charge in [-0.1, -0.05) is 12.2 Å². The van der Waals surface area contributed by atoms with Gasteiger partial charge in [-0.25, -0.2) is 0 Å². The van der Waals surface area contributed by atoms with Gasteiger partial charge in [-0.05, 0) is 24.1 Å². The van der Waals surface area contributed by atoms with Crippen molar-refractivity contribution in [2.24, 2.45) is 0 Å². The first-order chi connectivity index (χ1) is 9.62. The van der Waals surface area contributed by atoms with Crippen LogP contribution in [0.3, 0.4) is 0 Å². The molecule has 0 unspecified atom stereocenters. The lowest BCUT2D eigenvalue weighted by Crippen LogP contribution is -2.20. The number of carbonyl (C=O) groups excluding carboxylic acids is 2. The SMILES string of the molecule is COc1cc(C=O)c(C=CCCNC(C)=O)cc1OC. The molecule has 0 heterocycles. The molecule has 0 bridgehead atoms. The second-order valence-corrected chi connectivity index (χ2v) is 4.13. The van der Waals surface area contributed by atoms with Gasteiger partial charge in [0.25, 0.3) is 0 Å². The van der Waals surface area contributed by atoms with Crippen molar-refractivity contribution in [3.8, 4) is 11.5 Å². The van der Waals surface area contributed by atoms with Gasteiger partial charge in [0.15, 0.2) is 17.8 Å². The summed E-state index contributed by atoms with van der Waals surface area (Å²) in [5.74, 6) is 1.03. The van der Waals surface area contributed by atoms with Crippen LogP contribution in [0.4, 0.5) is 0 Å². The molecular formula is C15H19NO4. The number of carbonyl (C=O) groups is 2. The third-order valence-electron chi connectivity index (χ3n) is 2.70. The van der Waals surface area contributed by atoms with E-state index in [0.717, 1.165) is 11.8 Å². The van der Waals surface area contributed by atoms with Crippen LogP contribution in [0.1, 0.15) is 29.3 Å². The van der Waals surface area contributed by atoms with E-state index in [2.05, 4.69) is 5.32 Å². The molecule has 1 aromatic rings. The van der Waals surface area contributed by atoms with E-state index in [-0.39, 0.29) is 5.91 Å². The largest absolute Gasteiger partial charge is 0.493 e. The van der Waals surface area contributed by atoms with Gasteiger partial charge in [0, 0.05) is 19.0 Å². The van der Waals surface area contributed by atoms with E-state index in [1.807, 2.05) is 12.2 Å². The molecule has 5 nitrogen and oxygen atoms in total. The number of aldehydes is 1. The fraction of sp³-hybridized carbons (Fsp3) is 0.333. The van der Waals surface area contributed by atoms with Crippen LogP contribution < -0.4 is 14.8 Å². The molecule has 5 heteroatoms. The first kappa shape index (κ1) is 15.8. The summed E-state index contributed by atoms with van der Waals surface area (Å²) >= 11 is 0. The topological polar surface area (TPSA) is 64.6 Å². The maximum absolute atomic E-state index is 11.1. The second kappa shape index (κ2) is 7.99. The molecular weight excluding hydrogens is 258 g/mol. The van der Waals surface area contributed by atoms with Crippen molar-refractivity contribution in [1.29, 1.82) is 0 Å². The fourth-order valence-corrected chi connectivity index (χ4v) is 1.70. The minimum atomic E-state index is -0.0573. The Bertz CT molecular complexity index is 509. The molecule has 0 atom stereocenters. The molecule has 0 saturated heterocycles. The van der Waals surface area contributed by atoms with Crippen molar-refractivity contribution >= 4 is 18.3 Å². The highest BCUT2D eigenvalue weighted by atomic mass is 16.5. The third kappa shape index (κ3) is 4.42. The van der Waals surface area contributed by atoms with Crippen LogP contribution >= 0.6 is 0 Å². The fourth-order valence-electron chi connectivity index (χ4n) is 1.70. The van der Waals surface area contributed by atoms with Gasteiger partial charge in [-0.15, -0.1) is 0 Å². The van der Waals surface area contributed by atoms with Crippen molar-refractivity contribution in [2.45, 2.75) is 13.3 Å². The molecule has 0 radical (unpaired) electrons. The predicted molar refractivity (Wildman–Crippen MR) is 77.3 cm³/mol. The minimum absolute atomic E-state index is 0.0573. The van der Waals surface area contributed by atoms with E-state index >= 15 is 0 Å². The molecule has 0 saturated carbocycles. The third-order valence-corrected chi connectivity index (χ3v) is 2.70. The lowest BCUT2D eigenvalue weighted by atomic mass is 10.1. The molecule has 0 fully saturated rings. The van der Waals surface area contributed by atoms with Gasteiger partial charge in [-0.3, -0.25) is 9.59 Å². The number of rotatable bonds is 7. The number of benzene rings is 1. The van der Waals surface area contributed by atoms with E-state index in [4.69, 9.17) is 9.47 Å². The molecule has 0 aliphatic carbocycles. The Morgan fingerprint density at radius 2 is 1.80 bits per heavy atom. The van der Waals surface area contributed by atoms with Crippen molar-refractivity contribution in [3.63, 3.8) is 0 Å². The Labute approximate surface area is 118 Å². The van der Waals surface area contributed by atoms with Gasteiger partial charge < -0.3 is 14.8 Å². The first-order valence-electron chi connectivity index (χ1n) is 6.24. The number of nitrogens with one attached hydrogen (secondary N) is 1. The Morgan fingerprint density at radius 1 is 1.20 bits per heavy atom. The number of amides is 1. The van der Waals surface area contributed by atoms with E-state index in [0.29, 0.717) is 30.0 Å². The lowest BCUT2D eigenvalue weighted by molar-refractivity contribution is -0.118. The predicted octanol–water partition coefficient (Wildman–Crippen LogP) is 2.06. The van der Waals surface area contributed by atoms with E-state index in [9.17, 15) is 9.59 Å². The summed E-state index contributed by atoms with van der Waals surface area (Å²) in [6.07, 6.45) is 5.18. The first-order valence-corrected chi connectivity index (χ1v) is 6.24. The Morgan fingerprint density at radius 3 is 2.30 bits per heavy atom. The normalized spacial score (nSPS) is 10.3. The molecule has 1 amide bonds. The highest BCUT2D eigenvalue weighted by molar-refractivity contribution is 5.83. The summed E-state index contributed by atoms with van der Waals surface area (Å²) in [6.45, 7) is 2.04. The molecule has 20 heavy (non-hydrogen) atoms. The Hall–Kier alpha value is -2.30. The van der Waals surface area contributed by atoms with Gasteiger partial charge in [0.1, 0.15) is 0 Å². The molecule has 0 aromatic heterocycles. The minimum Gasteiger partial charge on any atom is -0.493 e. The van der Waals surface area contributed by atoms with Crippen molar-refractivity contribution in [2.75, 3.05) is 20.8 Å². The highest BCUT2D eigenvalue weighted by Gasteiger charge is 2.08. The van der Waals surface area contributed by atoms with Gasteiger partial charge in [0.2, 0.25) is 5.91 Å². The number of hydrogen-bond acceptors (Lipinski definition) is 4. The van der Waals surface area contributed by atoms with Gasteiger partial charge in [-0.2, -0.15) is 0 Å². The smallest absolute Gasteiger partial charge is 0.216 e. The van der Waals surface area contributed by atoms with E-state index < -0.39 is 0 Å². The molecule has 108 valence electrons. The number of ether oxygens (including phenoxy) is 2. The molecule has 0 spiro atoms. The monoisotopic (exact) mass is 277 g/mol. The summed E-state index contributed by atoms with van der Waals surface area (Å²) < 4.78 is 10.4. The summed E-state index contributed by atoms with van der Waals surface area (Å²) in [6, 6.07) is 3.39. The van der Waals surface area contributed by atoms with Crippen molar-refractivity contribution < 1.29 is 19.1 Å². The van der Waals surface area contributed by atoms with E-state index in [1.54, 1.807) is 19.2 Å². The second-order valence-electron chi connectivity index (χ2n) is 4.13. The zero-order valence-electron chi connectivity index (χ0n) is 11.9. The van der Waals surface area contributed by atoms with Gasteiger partial charge in [0.05, 0.1) is 14.2 Å². The molecule has 1 N–H and O–H groups in total. The molecule has 0 aliphatic rings. The highest BCUT2D eigenvalue weighted by Crippen LogP contribution is 2.30. The van der Waals surface area contributed by atoms with Crippen molar-refractivity contribution in [1.82, 2.24) is 5.32 Å². The summed E-state index contributed by atoms with van der Waals surface area (Å²) in [5.41, 5.74) is 1.28. The molecule has 1 rings (SSSR count). The van der Waals surface area contributed by atoms with Crippen LogP contribution in [0, 0.1) is 0 Å². The summed E-state index contributed by atoms with van der Waals surface area (Å²) in [4.78, 5) is 21.8. The zero-order chi connectivity index (χ0) is 15.0. The molecule has 1 aromatic carbocycles. The van der Waals surface area contributed by atoms with Crippen LogP contribution in [0.2, 0.25) is 0 Å². The maximum Gasteiger partial charge on any atom is 0.216 e. The standard InChI is InChI=1S/C15H19NO4/c1-11(18)16-7-5-4-6-12-8-14(19-2)15(20-3)9-13(12)10-17/h4,6,8-10H,5,7H2,1-3H3,(H,16,18). The van der Waals surface area contributed by atoms with Crippen LogP contribution in [-0.2, 0) is 4.79 Å². The number of hydrogen-bond donors (Lipinski definition) is 1.